The van der Waals surface area contributed by atoms with E-state index in [1.165, 1.54) is 23.9 Å². The number of carboxylic acid groups (broad SMARTS) is 1. The maximum absolute atomic E-state index is 13.0. The van der Waals surface area contributed by atoms with Crippen molar-refractivity contribution in [2.45, 2.75) is 25.7 Å². The first-order chi connectivity index (χ1) is 18.4. The lowest BCUT2D eigenvalue weighted by molar-refractivity contribution is -0.138. The van der Waals surface area contributed by atoms with Crippen LogP contribution in [0.4, 0.5) is 4.39 Å². The molecular weight excluding hydrogens is 505 g/mol. The summed E-state index contributed by atoms with van der Waals surface area (Å²) in [5, 5.41) is 9.71. The zero-order valence-electron chi connectivity index (χ0n) is 20.9. The first-order valence-electron chi connectivity index (χ1n) is 12.2. The first kappa shape index (κ1) is 27.1. The van der Waals surface area contributed by atoms with E-state index in [0.29, 0.717) is 35.0 Å². The van der Waals surface area contributed by atoms with Crippen molar-refractivity contribution in [3.8, 4) is 11.5 Å². The van der Waals surface area contributed by atoms with Gasteiger partial charge in [-0.3, -0.25) is 4.79 Å². The van der Waals surface area contributed by atoms with E-state index in [2.05, 4.69) is 4.98 Å². The van der Waals surface area contributed by atoms with Gasteiger partial charge in [0.25, 0.3) is 0 Å². The van der Waals surface area contributed by atoms with Crippen LogP contribution in [0.5, 0.6) is 0 Å². The molecule has 1 N–H and O–H groups in total. The Bertz CT molecular complexity index is 1350. The predicted octanol–water partition coefficient (Wildman–Crippen LogP) is 6.33. The number of carbonyl (C=O) groups excluding carboxylic acids is 1. The number of halogens is 1. The second-order valence-electron chi connectivity index (χ2n) is 8.74. The van der Waals surface area contributed by atoms with Gasteiger partial charge in [0.1, 0.15) is 11.6 Å². The number of hydrogen-bond donors (Lipinski definition) is 1. The maximum atomic E-state index is 13.0. The van der Waals surface area contributed by atoms with Gasteiger partial charge in [0.15, 0.2) is 0 Å². The molecule has 4 rings (SSSR count). The molecule has 4 aromatic rings. The molecule has 0 bridgehead atoms. The summed E-state index contributed by atoms with van der Waals surface area (Å²) < 4.78 is 24.2. The molecule has 3 aromatic carbocycles. The molecule has 1 unspecified atom stereocenters. The number of benzene rings is 3. The predicted molar refractivity (Wildman–Crippen MR) is 145 cm³/mol. The Morgan fingerprint density at radius 2 is 1.71 bits per heavy atom. The van der Waals surface area contributed by atoms with Crippen LogP contribution < -0.4 is 0 Å². The Morgan fingerprint density at radius 3 is 2.39 bits per heavy atom. The second-order valence-corrected chi connectivity index (χ2v) is 9.89. The minimum atomic E-state index is -0.924. The maximum Gasteiger partial charge on any atom is 0.338 e. The summed E-state index contributed by atoms with van der Waals surface area (Å²) in [6.45, 7) is 1.97. The number of aliphatic carboxylic acids is 1. The lowest BCUT2D eigenvalue weighted by atomic mass is 10.00. The zero-order chi connectivity index (χ0) is 26.9. The molecular formula is C30H28FNO5S. The third-order valence-electron chi connectivity index (χ3n) is 6.07. The molecule has 8 heteroatoms. The number of ether oxygens (including phenoxy) is 1. The number of rotatable bonds is 12. The number of oxazole rings is 1. The van der Waals surface area contributed by atoms with Crippen LogP contribution >= 0.6 is 11.8 Å². The normalized spacial score (nSPS) is 11.7. The lowest BCUT2D eigenvalue weighted by Gasteiger charge is -2.13. The number of hydrogen-bond acceptors (Lipinski definition) is 6. The molecule has 38 heavy (non-hydrogen) atoms. The van der Waals surface area contributed by atoms with Crippen LogP contribution in [0.25, 0.3) is 11.5 Å². The summed E-state index contributed by atoms with van der Waals surface area (Å²) in [4.78, 5) is 28.9. The minimum absolute atomic E-state index is 0.143. The summed E-state index contributed by atoms with van der Waals surface area (Å²) in [5.74, 6) is -0.0653. The van der Waals surface area contributed by atoms with E-state index in [1.807, 2.05) is 37.3 Å². The van der Waals surface area contributed by atoms with E-state index in [0.717, 1.165) is 29.0 Å². The molecule has 1 heterocycles. The van der Waals surface area contributed by atoms with Crippen LogP contribution in [0.1, 0.15) is 38.9 Å². The summed E-state index contributed by atoms with van der Waals surface area (Å²) in [7, 11) is 0. The summed E-state index contributed by atoms with van der Waals surface area (Å²) >= 11 is 1.52. The van der Waals surface area contributed by atoms with E-state index in [4.69, 9.17) is 9.15 Å². The van der Waals surface area contributed by atoms with Crippen molar-refractivity contribution in [3.63, 3.8) is 0 Å². The second kappa shape index (κ2) is 13.1. The summed E-state index contributed by atoms with van der Waals surface area (Å²) in [6, 6.07) is 22.4. The van der Waals surface area contributed by atoms with E-state index >= 15 is 0 Å². The number of carbonyl (C=O) groups is 2. The van der Waals surface area contributed by atoms with Crippen molar-refractivity contribution in [1.29, 1.82) is 0 Å². The van der Waals surface area contributed by atoms with E-state index in [-0.39, 0.29) is 12.4 Å². The SMILES string of the molecule is Cc1oc(-c2ccccc2)nc1CCOC(=O)c1ccc(C(CSCCc2ccc(F)cc2)C(=O)O)cc1. The summed E-state index contributed by atoms with van der Waals surface area (Å²) in [5.41, 5.74) is 3.58. The molecule has 0 radical (unpaired) electrons. The number of nitrogens with zero attached hydrogens (tertiary/aromatic N) is 1. The molecule has 1 atom stereocenters. The average molecular weight is 534 g/mol. The van der Waals surface area contributed by atoms with Gasteiger partial charge in [-0.15, -0.1) is 0 Å². The topological polar surface area (TPSA) is 89.6 Å². The third kappa shape index (κ3) is 7.32. The Kier molecular flexibility index (Phi) is 9.32. The zero-order valence-corrected chi connectivity index (χ0v) is 21.7. The molecule has 0 fully saturated rings. The van der Waals surface area contributed by atoms with Crippen LogP contribution in [0.15, 0.2) is 83.3 Å². The highest BCUT2D eigenvalue weighted by atomic mass is 32.2. The standard InChI is InChI=1S/C30H28FNO5S/c1-20-27(32-28(37-20)23-5-3-2-4-6-23)15-17-36-30(35)24-11-9-22(10-12-24)26(29(33)34)19-38-18-16-21-7-13-25(31)14-8-21/h2-14,26H,15-19H2,1H3,(H,33,34). The van der Waals surface area contributed by atoms with Gasteiger partial charge in [0, 0.05) is 17.7 Å². The van der Waals surface area contributed by atoms with Gasteiger partial charge in [-0.25, -0.2) is 14.2 Å². The molecule has 0 aliphatic heterocycles. The molecule has 1 aromatic heterocycles. The van der Waals surface area contributed by atoms with E-state index in [1.54, 1.807) is 36.4 Å². The number of esters is 1. The Morgan fingerprint density at radius 1 is 1.00 bits per heavy atom. The lowest BCUT2D eigenvalue weighted by Crippen LogP contribution is -2.15. The van der Waals surface area contributed by atoms with Crippen LogP contribution in [0.3, 0.4) is 0 Å². The van der Waals surface area contributed by atoms with Crippen molar-refractivity contribution in [2.24, 2.45) is 0 Å². The van der Waals surface area contributed by atoms with Crippen molar-refractivity contribution in [1.82, 2.24) is 4.98 Å². The highest BCUT2D eigenvalue weighted by Crippen LogP contribution is 2.24. The van der Waals surface area contributed by atoms with Crippen LogP contribution in [-0.4, -0.2) is 40.1 Å². The van der Waals surface area contributed by atoms with Crippen LogP contribution in [0, 0.1) is 12.7 Å². The molecule has 6 nitrogen and oxygen atoms in total. The fourth-order valence-electron chi connectivity index (χ4n) is 3.89. The van der Waals surface area contributed by atoms with Gasteiger partial charge in [-0.1, -0.05) is 42.5 Å². The van der Waals surface area contributed by atoms with E-state index in [9.17, 15) is 19.1 Å². The smallest absolute Gasteiger partial charge is 0.338 e. The Hall–Kier alpha value is -3.91. The molecule has 0 aliphatic rings. The van der Waals surface area contributed by atoms with Gasteiger partial charge in [0.05, 0.1) is 23.8 Å². The largest absolute Gasteiger partial charge is 0.481 e. The fraction of sp³-hybridized carbons (Fsp3) is 0.233. The van der Waals surface area contributed by atoms with Crippen molar-refractivity contribution >= 4 is 23.7 Å². The van der Waals surface area contributed by atoms with Gasteiger partial charge in [0.2, 0.25) is 5.89 Å². The molecule has 0 saturated carbocycles. The molecule has 0 spiro atoms. The minimum Gasteiger partial charge on any atom is -0.481 e. The van der Waals surface area contributed by atoms with Gasteiger partial charge in [-0.05, 0) is 66.6 Å². The van der Waals surface area contributed by atoms with E-state index < -0.39 is 17.9 Å². The van der Waals surface area contributed by atoms with Gasteiger partial charge in [-0.2, -0.15) is 11.8 Å². The number of aromatic nitrogens is 1. The van der Waals surface area contributed by atoms with Crippen molar-refractivity contribution in [2.75, 3.05) is 18.1 Å². The average Bonchev–Trinajstić information content (AvgIpc) is 3.30. The monoisotopic (exact) mass is 533 g/mol. The highest BCUT2D eigenvalue weighted by Gasteiger charge is 2.20. The highest BCUT2D eigenvalue weighted by molar-refractivity contribution is 7.99. The Labute approximate surface area is 224 Å². The molecule has 196 valence electrons. The Balaban J connectivity index is 1.26. The number of thioether (sulfide) groups is 1. The van der Waals surface area contributed by atoms with Gasteiger partial charge < -0.3 is 14.3 Å². The van der Waals surface area contributed by atoms with Gasteiger partial charge >= 0.3 is 11.9 Å². The quantitative estimate of drug-likeness (QED) is 0.168. The summed E-state index contributed by atoms with van der Waals surface area (Å²) in [6.07, 6.45) is 1.14. The first-order valence-corrected chi connectivity index (χ1v) is 13.4. The number of carboxylic acids is 1. The molecule has 0 amide bonds. The molecule has 0 aliphatic carbocycles. The van der Waals surface area contributed by atoms with Crippen molar-refractivity contribution < 1.29 is 28.2 Å². The van der Waals surface area contributed by atoms with Crippen LogP contribution in [0.2, 0.25) is 0 Å². The number of aryl methyl sites for hydroxylation is 2. The van der Waals surface area contributed by atoms with Crippen LogP contribution in [-0.2, 0) is 22.4 Å². The third-order valence-corrected chi connectivity index (χ3v) is 7.13. The fourth-order valence-corrected chi connectivity index (χ4v) is 5.01. The molecule has 0 saturated heterocycles. The van der Waals surface area contributed by atoms with Crippen molar-refractivity contribution in [3.05, 3.63) is 113 Å².